The Morgan fingerprint density at radius 2 is 2.30 bits per heavy atom. The second-order valence-corrected chi connectivity index (χ2v) is 5.26. The van der Waals surface area contributed by atoms with Gasteiger partial charge in [0.15, 0.2) is 0 Å². The van der Waals surface area contributed by atoms with E-state index in [0.717, 1.165) is 38.0 Å². The first kappa shape index (κ1) is 12.8. The molecular weight excluding hydrogens is 252 g/mol. The lowest BCUT2D eigenvalue weighted by Gasteiger charge is -2.32. The molecule has 0 bridgehead atoms. The minimum Gasteiger partial charge on any atom is -0.337 e. The number of H-pyrrole nitrogens is 1. The van der Waals surface area contributed by atoms with Crippen LogP contribution >= 0.6 is 0 Å². The highest BCUT2D eigenvalue weighted by Crippen LogP contribution is 2.21. The molecule has 1 aliphatic rings. The average Bonchev–Trinajstić information content (AvgIpc) is 3.01. The summed E-state index contributed by atoms with van der Waals surface area (Å²) in [6.07, 6.45) is 6.60. The third-order valence-corrected chi connectivity index (χ3v) is 3.76. The van der Waals surface area contributed by atoms with Gasteiger partial charge in [-0.3, -0.25) is 14.9 Å². The van der Waals surface area contributed by atoms with Crippen LogP contribution in [0, 0.1) is 5.92 Å². The van der Waals surface area contributed by atoms with Crippen molar-refractivity contribution >= 4 is 5.91 Å². The third-order valence-electron chi connectivity index (χ3n) is 3.76. The summed E-state index contributed by atoms with van der Waals surface area (Å²) < 4.78 is 0. The summed E-state index contributed by atoms with van der Waals surface area (Å²) in [4.78, 5) is 18.5. The van der Waals surface area contributed by atoms with Gasteiger partial charge < -0.3 is 4.90 Å². The zero-order valence-corrected chi connectivity index (χ0v) is 11.3. The summed E-state index contributed by atoms with van der Waals surface area (Å²) in [5.41, 5.74) is 1.68. The van der Waals surface area contributed by atoms with Crippen LogP contribution in [0.1, 0.15) is 29.0 Å². The first-order chi connectivity index (χ1) is 9.83. The molecule has 1 saturated heterocycles. The number of likely N-dealkylation sites (tertiary alicyclic amines) is 1. The van der Waals surface area contributed by atoms with E-state index in [2.05, 4.69) is 15.2 Å². The second kappa shape index (κ2) is 5.86. The number of hydrogen-bond acceptors (Lipinski definition) is 3. The van der Waals surface area contributed by atoms with E-state index in [4.69, 9.17) is 0 Å². The fourth-order valence-electron chi connectivity index (χ4n) is 2.78. The van der Waals surface area contributed by atoms with Gasteiger partial charge in [0.05, 0.1) is 0 Å². The van der Waals surface area contributed by atoms with Crippen molar-refractivity contribution in [1.29, 1.82) is 0 Å². The van der Waals surface area contributed by atoms with Crippen LogP contribution in [0.4, 0.5) is 0 Å². The molecule has 20 heavy (non-hydrogen) atoms. The van der Waals surface area contributed by atoms with Crippen molar-refractivity contribution in [2.24, 2.45) is 5.92 Å². The van der Waals surface area contributed by atoms with Gasteiger partial charge in [0.1, 0.15) is 5.69 Å². The maximum Gasteiger partial charge on any atom is 0.272 e. The Bertz CT molecular complexity index is 553. The van der Waals surface area contributed by atoms with Crippen LogP contribution in [0.2, 0.25) is 0 Å². The largest absolute Gasteiger partial charge is 0.337 e. The quantitative estimate of drug-likeness (QED) is 0.926. The summed E-state index contributed by atoms with van der Waals surface area (Å²) in [5, 5.41) is 6.97. The van der Waals surface area contributed by atoms with Crippen LogP contribution < -0.4 is 0 Å². The molecule has 1 fully saturated rings. The van der Waals surface area contributed by atoms with Gasteiger partial charge in [-0.2, -0.15) is 5.10 Å². The molecule has 5 heteroatoms. The van der Waals surface area contributed by atoms with Crippen molar-refractivity contribution in [1.82, 2.24) is 20.1 Å². The third kappa shape index (κ3) is 2.87. The van der Waals surface area contributed by atoms with E-state index in [0.29, 0.717) is 11.6 Å². The molecule has 5 nitrogen and oxygen atoms in total. The van der Waals surface area contributed by atoms with Crippen LogP contribution in [-0.4, -0.2) is 39.1 Å². The van der Waals surface area contributed by atoms with E-state index in [1.165, 1.54) is 0 Å². The molecule has 1 amide bonds. The van der Waals surface area contributed by atoms with Crippen LogP contribution in [0.15, 0.2) is 36.7 Å². The highest BCUT2D eigenvalue weighted by Gasteiger charge is 2.25. The number of carbonyl (C=O) groups excluding carboxylic acids is 1. The van der Waals surface area contributed by atoms with E-state index >= 15 is 0 Å². The molecule has 1 aliphatic heterocycles. The van der Waals surface area contributed by atoms with Gasteiger partial charge in [-0.05, 0) is 43.4 Å². The van der Waals surface area contributed by atoms with Crippen molar-refractivity contribution in [3.63, 3.8) is 0 Å². The fraction of sp³-hybridized carbons (Fsp3) is 0.400. The highest BCUT2D eigenvalue weighted by atomic mass is 16.2. The SMILES string of the molecule is O=C(c1ccccn1)N1CCCC(Cc2ccn[nH]2)C1. The number of amides is 1. The number of nitrogens with one attached hydrogen (secondary N) is 1. The molecule has 104 valence electrons. The Morgan fingerprint density at radius 1 is 1.35 bits per heavy atom. The maximum atomic E-state index is 12.4. The highest BCUT2D eigenvalue weighted by molar-refractivity contribution is 5.92. The number of hydrogen-bond donors (Lipinski definition) is 1. The molecule has 3 heterocycles. The van der Waals surface area contributed by atoms with Crippen LogP contribution in [0.25, 0.3) is 0 Å². The van der Waals surface area contributed by atoms with E-state index in [9.17, 15) is 4.79 Å². The lowest BCUT2D eigenvalue weighted by Crippen LogP contribution is -2.40. The zero-order chi connectivity index (χ0) is 13.8. The lowest BCUT2D eigenvalue weighted by atomic mass is 9.93. The number of pyridine rings is 1. The Kier molecular flexibility index (Phi) is 3.76. The first-order valence-electron chi connectivity index (χ1n) is 7.01. The van der Waals surface area contributed by atoms with Crippen LogP contribution in [0.3, 0.4) is 0 Å². The second-order valence-electron chi connectivity index (χ2n) is 5.26. The van der Waals surface area contributed by atoms with Gasteiger partial charge in [0, 0.05) is 31.2 Å². The van der Waals surface area contributed by atoms with Gasteiger partial charge in [0.25, 0.3) is 5.91 Å². The van der Waals surface area contributed by atoms with Crippen molar-refractivity contribution in [2.45, 2.75) is 19.3 Å². The summed E-state index contributed by atoms with van der Waals surface area (Å²) >= 11 is 0. The number of nitrogens with zero attached hydrogens (tertiary/aromatic N) is 3. The average molecular weight is 270 g/mol. The minimum atomic E-state index is 0.0416. The standard InChI is InChI=1S/C15H18N4O/c20-15(14-5-1-2-7-16-14)19-9-3-4-12(11-19)10-13-6-8-17-18-13/h1-2,5-8,12H,3-4,9-11H2,(H,17,18). The smallest absolute Gasteiger partial charge is 0.272 e. The summed E-state index contributed by atoms with van der Waals surface area (Å²) in [6.45, 7) is 1.63. The molecule has 0 aromatic carbocycles. The maximum absolute atomic E-state index is 12.4. The van der Waals surface area contributed by atoms with Crippen molar-refractivity contribution in [3.05, 3.63) is 48.0 Å². The monoisotopic (exact) mass is 270 g/mol. The zero-order valence-electron chi connectivity index (χ0n) is 11.3. The van der Waals surface area contributed by atoms with Crippen LogP contribution in [-0.2, 0) is 6.42 Å². The molecule has 3 rings (SSSR count). The first-order valence-corrected chi connectivity index (χ1v) is 7.01. The molecule has 1 unspecified atom stereocenters. The van der Waals surface area contributed by atoms with E-state index in [-0.39, 0.29) is 5.91 Å². The number of aromatic nitrogens is 3. The summed E-state index contributed by atoms with van der Waals surface area (Å²) in [6, 6.07) is 7.46. The van der Waals surface area contributed by atoms with E-state index in [1.807, 2.05) is 23.1 Å². The predicted molar refractivity (Wildman–Crippen MR) is 75.2 cm³/mol. The van der Waals surface area contributed by atoms with Gasteiger partial charge in [-0.25, -0.2) is 0 Å². The van der Waals surface area contributed by atoms with Crippen molar-refractivity contribution < 1.29 is 4.79 Å². The summed E-state index contributed by atoms with van der Waals surface area (Å²) in [7, 11) is 0. The molecule has 1 atom stereocenters. The molecule has 2 aromatic heterocycles. The molecule has 0 spiro atoms. The van der Waals surface area contributed by atoms with Gasteiger partial charge in [-0.1, -0.05) is 6.07 Å². The molecule has 1 N–H and O–H groups in total. The van der Waals surface area contributed by atoms with Crippen LogP contribution in [0.5, 0.6) is 0 Å². The van der Waals surface area contributed by atoms with E-state index in [1.54, 1.807) is 18.5 Å². The van der Waals surface area contributed by atoms with E-state index < -0.39 is 0 Å². The number of piperidine rings is 1. The molecule has 0 aliphatic carbocycles. The van der Waals surface area contributed by atoms with Gasteiger partial charge >= 0.3 is 0 Å². The Balaban J connectivity index is 1.64. The Morgan fingerprint density at radius 3 is 3.05 bits per heavy atom. The molecule has 0 saturated carbocycles. The van der Waals surface area contributed by atoms with Crippen molar-refractivity contribution in [3.8, 4) is 0 Å². The number of rotatable bonds is 3. The Labute approximate surface area is 118 Å². The normalized spacial score (nSPS) is 19.0. The fourth-order valence-corrected chi connectivity index (χ4v) is 2.78. The molecule has 0 radical (unpaired) electrons. The number of aromatic amines is 1. The lowest BCUT2D eigenvalue weighted by molar-refractivity contribution is 0.0667. The Hall–Kier alpha value is -2.17. The number of carbonyl (C=O) groups is 1. The summed E-state index contributed by atoms with van der Waals surface area (Å²) in [5.74, 6) is 0.539. The molecular formula is C15H18N4O. The van der Waals surface area contributed by atoms with Gasteiger partial charge in [-0.15, -0.1) is 0 Å². The van der Waals surface area contributed by atoms with Gasteiger partial charge in [0.2, 0.25) is 0 Å². The van der Waals surface area contributed by atoms with Crippen molar-refractivity contribution in [2.75, 3.05) is 13.1 Å². The molecule has 2 aromatic rings. The topological polar surface area (TPSA) is 61.9 Å². The minimum absolute atomic E-state index is 0.0416. The predicted octanol–water partition coefficient (Wildman–Crippen LogP) is 1.90.